The van der Waals surface area contributed by atoms with E-state index in [-0.39, 0.29) is 30.6 Å². The van der Waals surface area contributed by atoms with Crippen molar-refractivity contribution in [1.29, 1.82) is 0 Å². The second kappa shape index (κ2) is 6.41. The molecule has 8 heteroatoms. The van der Waals surface area contributed by atoms with E-state index in [1.165, 1.54) is 0 Å². The summed E-state index contributed by atoms with van der Waals surface area (Å²) < 4.78 is 0. The third-order valence-electron chi connectivity index (χ3n) is 4.60. The quantitative estimate of drug-likeness (QED) is 0.428. The highest BCUT2D eigenvalue weighted by atomic mass is 35.5. The topological polar surface area (TPSA) is 116 Å². The van der Waals surface area contributed by atoms with Gasteiger partial charge in [-0.05, 0) is 37.5 Å². The van der Waals surface area contributed by atoms with Gasteiger partial charge in [0.05, 0.1) is 0 Å². The molecule has 0 spiro atoms. The first-order valence-corrected chi connectivity index (χ1v) is 6.55. The Hall–Kier alpha value is -0.335. The Bertz CT molecular complexity index is 334. The first-order valence-electron chi connectivity index (χ1n) is 6.55. The van der Waals surface area contributed by atoms with Crippen LogP contribution in [0, 0.1) is 17.8 Å². The number of hydrogen-bond acceptors (Lipinski definition) is 5. The summed E-state index contributed by atoms with van der Waals surface area (Å²) in [6.07, 6.45) is 2.34. The van der Waals surface area contributed by atoms with E-state index in [2.05, 4.69) is 5.32 Å². The van der Waals surface area contributed by atoms with Crippen molar-refractivity contribution in [3.05, 3.63) is 0 Å². The first kappa shape index (κ1) is 16.7. The molecule has 0 radical (unpaired) electrons. The Kier molecular flexibility index (Phi) is 5.64. The van der Waals surface area contributed by atoms with E-state index in [0.717, 1.165) is 13.0 Å². The molecule has 2 unspecified atom stereocenters. The maximum Gasteiger partial charge on any atom is 0.451 e. The molecule has 0 aromatic heterocycles. The lowest BCUT2D eigenvalue weighted by molar-refractivity contribution is -0.146. The van der Waals surface area contributed by atoms with Gasteiger partial charge < -0.3 is 26.2 Å². The monoisotopic (exact) mass is 292 g/mol. The molecule has 1 saturated heterocycles. The molecule has 0 aromatic carbocycles. The average Bonchev–Trinajstić information content (AvgIpc) is 2.82. The third kappa shape index (κ3) is 3.06. The number of aliphatic carboxylic acids is 1. The molecule has 1 aliphatic carbocycles. The van der Waals surface area contributed by atoms with Gasteiger partial charge in [0.2, 0.25) is 0 Å². The van der Waals surface area contributed by atoms with Crippen LogP contribution in [0.15, 0.2) is 0 Å². The summed E-state index contributed by atoms with van der Waals surface area (Å²) in [6, 6.07) is 0. The fraction of sp³-hybridized carbons (Fsp3) is 0.909. The van der Waals surface area contributed by atoms with Crippen molar-refractivity contribution in [3.8, 4) is 0 Å². The molecule has 0 aromatic rings. The van der Waals surface area contributed by atoms with Crippen molar-refractivity contribution >= 4 is 25.5 Å². The lowest BCUT2D eigenvalue weighted by atomic mass is 9.76. The molecule has 0 amide bonds. The zero-order valence-corrected chi connectivity index (χ0v) is 11.6. The summed E-state index contributed by atoms with van der Waals surface area (Å²) >= 11 is 0. The Morgan fingerprint density at radius 2 is 2.11 bits per heavy atom. The van der Waals surface area contributed by atoms with Crippen molar-refractivity contribution < 1.29 is 19.9 Å². The van der Waals surface area contributed by atoms with Gasteiger partial charge in [0.1, 0.15) is 5.54 Å². The van der Waals surface area contributed by atoms with Crippen LogP contribution in [0.5, 0.6) is 0 Å². The highest BCUT2D eigenvalue weighted by molar-refractivity contribution is 6.40. The summed E-state index contributed by atoms with van der Waals surface area (Å²) in [4.78, 5) is 11.5. The van der Waals surface area contributed by atoms with Crippen molar-refractivity contribution in [3.63, 3.8) is 0 Å². The van der Waals surface area contributed by atoms with Crippen LogP contribution >= 0.6 is 12.4 Å². The van der Waals surface area contributed by atoms with Gasteiger partial charge in [0.15, 0.2) is 0 Å². The second-order valence-electron chi connectivity index (χ2n) is 5.61. The minimum absolute atomic E-state index is 0. The van der Waals surface area contributed by atoms with E-state index in [1.807, 2.05) is 0 Å². The standard InChI is InChI=1S/C11H21BN2O4.ClH/c13-11(10(15)16)8(2-1-3-12(17)18)4-7-5-14-6-9(7)11;/h7-9,14,17-18H,1-6,13H2,(H,15,16);1H/t7-,8?,9+,11?;/m0./s1. The molecular formula is C11H22BClN2O4. The van der Waals surface area contributed by atoms with Gasteiger partial charge in [-0.1, -0.05) is 6.42 Å². The first-order chi connectivity index (χ1) is 8.46. The highest BCUT2D eigenvalue weighted by Gasteiger charge is 2.58. The Labute approximate surface area is 119 Å². The third-order valence-corrected chi connectivity index (χ3v) is 4.60. The van der Waals surface area contributed by atoms with Crippen LogP contribution in [0.2, 0.25) is 6.32 Å². The minimum Gasteiger partial charge on any atom is -0.480 e. The lowest BCUT2D eigenvalue weighted by Crippen LogP contribution is -2.57. The van der Waals surface area contributed by atoms with E-state index < -0.39 is 18.6 Å². The highest BCUT2D eigenvalue weighted by Crippen LogP contribution is 2.47. The number of carboxylic acids is 1. The molecule has 0 bridgehead atoms. The molecule has 19 heavy (non-hydrogen) atoms. The minimum atomic E-state index is -1.32. The molecule has 6 N–H and O–H groups in total. The van der Waals surface area contributed by atoms with E-state index in [4.69, 9.17) is 15.8 Å². The Balaban J connectivity index is 0.00000180. The Morgan fingerprint density at radius 1 is 1.42 bits per heavy atom. The van der Waals surface area contributed by atoms with Gasteiger partial charge in [-0.25, -0.2) is 0 Å². The molecular weight excluding hydrogens is 270 g/mol. The molecule has 1 saturated carbocycles. The summed E-state index contributed by atoms with van der Waals surface area (Å²) in [5.41, 5.74) is 5.03. The van der Waals surface area contributed by atoms with Crippen LogP contribution in [0.25, 0.3) is 0 Å². The fourth-order valence-corrected chi connectivity index (χ4v) is 3.64. The number of carbonyl (C=O) groups is 1. The maximum absolute atomic E-state index is 11.5. The predicted molar refractivity (Wildman–Crippen MR) is 74.0 cm³/mol. The number of nitrogens with two attached hydrogens (primary N) is 1. The number of carboxylic acid groups (broad SMARTS) is 1. The van der Waals surface area contributed by atoms with Gasteiger partial charge in [0, 0.05) is 12.5 Å². The van der Waals surface area contributed by atoms with Crippen molar-refractivity contribution in [1.82, 2.24) is 5.32 Å². The zero-order valence-electron chi connectivity index (χ0n) is 10.8. The zero-order chi connectivity index (χ0) is 13.3. The van der Waals surface area contributed by atoms with Crippen molar-refractivity contribution in [2.75, 3.05) is 13.1 Å². The average molecular weight is 293 g/mol. The molecule has 1 aliphatic heterocycles. The van der Waals surface area contributed by atoms with Gasteiger partial charge in [-0.2, -0.15) is 0 Å². The van der Waals surface area contributed by atoms with Crippen LogP contribution < -0.4 is 11.1 Å². The number of fused-ring (bicyclic) bond motifs is 1. The van der Waals surface area contributed by atoms with Gasteiger partial charge >= 0.3 is 13.1 Å². The summed E-state index contributed by atoms with van der Waals surface area (Å²) in [7, 11) is -1.32. The van der Waals surface area contributed by atoms with E-state index in [9.17, 15) is 9.90 Å². The van der Waals surface area contributed by atoms with E-state index in [1.54, 1.807) is 0 Å². The largest absolute Gasteiger partial charge is 0.480 e. The van der Waals surface area contributed by atoms with Crippen LogP contribution in [0.1, 0.15) is 19.3 Å². The molecule has 6 nitrogen and oxygen atoms in total. The van der Waals surface area contributed by atoms with Crippen LogP contribution in [-0.4, -0.2) is 46.9 Å². The lowest BCUT2D eigenvalue weighted by Gasteiger charge is -2.31. The predicted octanol–water partition coefficient (Wildman–Crippen LogP) is -0.701. The SMILES string of the molecule is Cl.NC1(C(=O)O)C(CCCB(O)O)C[C@H]2CNC[C@H]21. The molecule has 110 valence electrons. The number of halogens is 1. The molecule has 4 atom stereocenters. The van der Waals surface area contributed by atoms with Crippen LogP contribution in [0.4, 0.5) is 0 Å². The Morgan fingerprint density at radius 3 is 2.68 bits per heavy atom. The fourth-order valence-electron chi connectivity index (χ4n) is 3.64. The summed E-state index contributed by atoms with van der Waals surface area (Å²) in [5.74, 6) is -0.645. The summed E-state index contributed by atoms with van der Waals surface area (Å²) in [5, 5.41) is 30.3. The van der Waals surface area contributed by atoms with Gasteiger partial charge in [-0.15, -0.1) is 12.4 Å². The number of hydrogen-bond donors (Lipinski definition) is 5. The number of nitrogens with one attached hydrogen (secondary N) is 1. The molecule has 2 fully saturated rings. The van der Waals surface area contributed by atoms with Crippen LogP contribution in [-0.2, 0) is 4.79 Å². The van der Waals surface area contributed by atoms with Gasteiger partial charge in [-0.3, -0.25) is 4.79 Å². The smallest absolute Gasteiger partial charge is 0.451 e. The van der Waals surface area contributed by atoms with E-state index in [0.29, 0.717) is 25.3 Å². The molecule has 2 rings (SSSR count). The van der Waals surface area contributed by atoms with Crippen molar-refractivity contribution in [2.24, 2.45) is 23.5 Å². The van der Waals surface area contributed by atoms with Crippen molar-refractivity contribution in [2.45, 2.75) is 31.1 Å². The molecule has 2 aliphatic rings. The van der Waals surface area contributed by atoms with Gasteiger partial charge in [0.25, 0.3) is 0 Å². The second-order valence-corrected chi connectivity index (χ2v) is 5.61. The molecule has 1 heterocycles. The number of rotatable bonds is 5. The van der Waals surface area contributed by atoms with E-state index >= 15 is 0 Å². The maximum atomic E-state index is 11.5. The summed E-state index contributed by atoms with van der Waals surface area (Å²) in [6.45, 7) is 1.52. The normalized spacial score (nSPS) is 36.7. The van der Waals surface area contributed by atoms with Crippen LogP contribution in [0.3, 0.4) is 0 Å².